The Kier molecular flexibility index (Phi) is 5.71. The van der Waals surface area contributed by atoms with Gasteiger partial charge in [0.25, 0.3) is 15.9 Å². The highest BCUT2D eigenvalue weighted by molar-refractivity contribution is 7.91. The van der Waals surface area contributed by atoms with Crippen molar-refractivity contribution in [3.05, 3.63) is 61.5 Å². The predicted molar refractivity (Wildman–Crippen MR) is 116 cm³/mol. The summed E-state index contributed by atoms with van der Waals surface area (Å²) in [6.45, 7) is 0.537. The molecule has 11 nitrogen and oxygen atoms in total. The van der Waals surface area contributed by atoms with E-state index in [2.05, 4.69) is 14.7 Å². The van der Waals surface area contributed by atoms with Crippen molar-refractivity contribution in [1.29, 1.82) is 0 Å². The average molecular weight is 479 g/mol. The van der Waals surface area contributed by atoms with Gasteiger partial charge in [0.15, 0.2) is 0 Å². The van der Waals surface area contributed by atoms with Crippen LogP contribution < -0.4 is 11.1 Å². The zero-order valence-electron chi connectivity index (χ0n) is 16.8. The van der Waals surface area contributed by atoms with E-state index in [0.717, 1.165) is 11.3 Å². The maximum atomic E-state index is 12.9. The lowest BCUT2D eigenvalue weighted by atomic mass is 10.1. The van der Waals surface area contributed by atoms with Crippen LogP contribution in [0.1, 0.15) is 20.7 Å². The molecule has 0 aliphatic carbocycles. The molecule has 0 saturated carbocycles. The van der Waals surface area contributed by atoms with Gasteiger partial charge in [0, 0.05) is 37.1 Å². The topological polar surface area (TPSA) is 150 Å². The zero-order valence-corrected chi connectivity index (χ0v) is 18.4. The third kappa shape index (κ3) is 3.97. The van der Waals surface area contributed by atoms with Gasteiger partial charge in [-0.2, -0.15) is 4.31 Å². The number of amides is 1. The van der Waals surface area contributed by atoms with Crippen molar-refractivity contribution in [1.82, 2.24) is 19.2 Å². The third-order valence-electron chi connectivity index (χ3n) is 5.09. The van der Waals surface area contributed by atoms with Crippen molar-refractivity contribution in [2.45, 2.75) is 4.21 Å². The summed E-state index contributed by atoms with van der Waals surface area (Å²) in [7, 11) is -2.58. The van der Waals surface area contributed by atoms with E-state index >= 15 is 0 Å². The van der Waals surface area contributed by atoms with E-state index in [0.29, 0.717) is 16.6 Å². The second-order valence-corrected chi connectivity index (χ2v) is 10.1. The van der Waals surface area contributed by atoms with Crippen molar-refractivity contribution in [2.75, 3.05) is 33.3 Å². The van der Waals surface area contributed by atoms with Crippen molar-refractivity contribution >= 4 is 44.3 Å². The van der Waals surface area contributed by atoms with Crippen LogP contribution in [-0.4, -0.2) is 72.8 Å². The van der Waals surface area contributed by atoms with Gasteiger partial charge in [0.05, 0.1) is 23.7 Å². The summed E-state index contributed by atoms with van der Waals surface area (Å²) in [5, 5.41) is 1.43. The van der Waals surface area contributed by atoms with Gasteiger partial charge < -0.3 is 19.6 Å². The first-order valence-corrected chi connectivity index (χ1v) is 11.8. The summed E-state index contributed by atoms with van der Waals surface area (Å²) in [5.41, 5.74) is -0.411. The van der Waals surface area contributed by atoms with Crippen molar-refractivity contribution < 1.29 is 22.7 Å². The van der Waals surface area contributed by atoms with Gasteiger partial charge in [-0.3, -0.25) is 14.4 Å². The number of thiophene rings is 1. The van der Waals surface area contributed by atoms with Crippen LogP contribution in [0.5, 0.6) is 0 Å². The van der Waals surface area contributed by atoms with E-state index in [1.165, 1.54) is 46.0 Å². The molecule has 1 aliphatic heterocycles. The molecule has 0 radical (unpaired) electrons. The Hall–Kier alpha value is -3.29. The molecule has 0 bridgehead atoms. The number of ether oxygens (including phenoxy) is 1. The highest BCUT2D eigenvalue weighted by atomic mass is 32.2. The first kappa shape index (κ1) is 21.9. The van der Waals surface area contributed by atoms with Crippen LogP contribution in [0, 0.1) is 0 Å². The van der Waals surface area contributed by atoms with Gasteiger partial charge in [0.2, 0.25) is 0 Å². The second kappa shape index (κ2) is 8.33. The molecule has 1 saturated heterocycles. The molecule has 0 unspecified atom stereocenters. The number of carbonyl (C=O) groups excluding carboxylic acids is 2. The zero-order chi connectivity index (χ0) is 23.0. The molecular formula is C19H18N4O7S2. The Balaban J connectivity index is 1.48. The molecule has 4 rings (SSSR count). The molecule has 13 heteroatoms. The first-order valence-electron chi connectivity index (χ1n) is 9.43. The van der Waals surface area contributed by atoms with Gasteiger partial charge in [-0.05, 0) is 24.3 Å². The smallest absolute Gasteiger partial charge is 0.338 e. The number of benzene rings is 1. The van der Waals surface area contributed by atoms with Crippen LogP contribution >= 0.6 is 11.3 Å². The lowest BCUT2D eigenvalue weighted by Crippen LogP contribution is -2.50. The van der Waals surface area contributed by atoms with Gasteiger partial charge >= 0.3 is 17.1 Å². The van der Waals surface area contributed by atoms with Gasteiger partial charge in [0.1, 0.15) is 4.21 Å². The quantitative estimate of drug-likeness (QED) is 0.402. The maximum Gasteiger partial charge on any atom is 0.338 e. The summed E-state index contributed by atoms with van der Waals surface area (Å²) in [5.74, 6) is -0.931. The molecular weight excluding hydrogens is 460 g/mol. The SMILES string of the molecule is COC(=O)c1csc(S(=O)(=O)N2CCN(C(=O)c3ccc4[nH]c(=O)c(=O)[nH]c4c3)CC2)c1. The van der Waals surface area contributed by atoms with Crippen LogP contribution in [-0.2, 0) is 14.8 Å². The monoisotopic (exact) mass is 478 g/mol. The number of rotatable bonds is 4. The fourth-order valence-corrected chi connectivity index (χ4v) is 6.09. The van der Waals surface area contributed by atoms with Crippen LogP contribution in [0.4, 0.5) is 0 Å². The molecule has 168 valence electrons. The van der Waals surface area contributed by atoms with Gasteiger partial charge in [-0.25, -0.2) is 13.2 Å². The lowest BCUT2D eigenvalue weighted by molar-refractivity contribution is 0.0600. The van der Waals surface area contributed by atoms with Crippen molar-refractivity contribution in [3.8, 4) is 0 Å². The molecule has 32 heavy (non-hydrogen) atoms. The molecule has 0 atom stereocenters. The molecule has 1 aromatic carbocycles. The van der Waals surface area contributed by atoms with E-state index in [9.17, 15) is 27.6 Å². The summed E-state index contributed by atoms with van der Waals surface area (Å²) in [4.78, 5) is 53.8. The van der Waals surface area contributed by atoms with E-state index in [4.69, 9.17) is 0 Å². The average Bonchev–Trinajstić information content (AvgIpc) is 3.30. The minimum Gasteiger partial charge on any atom is -0.465 e. The number of aromatic nitrogens is 2. The van der Waals surface area contributed by atoms with Gasteiger partial charge in [-0.15, -0.1) is 11.3 Å². The minimum atomic E-state index is -3.80. The van der Waals surface area contributed by atoms with Crippen LogP contribution in [0.25, 0.3) is 11.0 Å². The lowest BCUT2D eigenvalue weighted by Gasteiger charge is -2.33. The normalized spacial score (nSPS) is 15.1. The maximum absolute atomic E-state index is 12.9. The minimum absolute atomic E-state index is 0.0325. The number of sulfonamides is 1. The number of hydrogen-bond donors (Lipinski definition) is 2. The van der Waals surface area contributed by atoms with Gasteiger partial charge in [-0.1, -0.05) is 0 Å². The second-order valence-electron chi connectivity index (χ2n) is 7.01. The molecule has 2 aromatic heterocycles. The highest BCUT2D eigenvalue weighted by Crippen LogP contribution is 2.25. The fourth-order valence-electron chi connectivity index (χ4n) is 3.37. The molecule has 2 N–H and O–H groups in total. The van der Waals surface area contributed by atoms with Crippen LogP contribution in [0.3, 0.4) is 0 Å². The van der Waals surface area contributed by atoms with E-state index in [1.54, 1.807) is 0 Å². The number of methoxy groups -OCH3 is 1. The summed E-state index contributed by atoms with van der Waals surface area (Å²) in [6, 6.07) is 5.81. The van der Waals surface area contributed by atoms with Crippen LogP contribution in [0.2, 0.25) is 0 Å². The third-order valence-corrected chi connectivity index (χ3v) is 8.40. The number of nitrogens with one attached hydrogen (secondary N) is 2. The van der Waals surface area contributed by atoms with Crippen LogP contribution in [0.15, 0.2) is 43.4 Å². The Morgan fingerprint density at radius 2 is 1.62 bits per heavy atom. The van der Waals surface area contributed by atoms with E-state index in [1.807, 2.05) is 0 Å². The number of hydrogen-bond acceptors (Lipinski definition) is 8. The number of piperazine rings is 1. The molecule has 0 spiro atoms. The number of fused-ring (bicyclic) bond motifs is 1. The number of carbonyl (C=O) groups is 2. The molecule has 1 aliphatic rings. The Labute approximate surface area is 185 Å². The summed E-state index contributed by atoms with van der Waals surface area (Å²) >= 11 is 0.936. The molecule has 1 fully saturated rings. The summed E-state index contributed by atoms with van der Waals surface area (Å²) in [6.07, 6.45) is 0. The Morgan fingerprint density at radius 3 is 2.28 bits per heavy atom. The summed E-state index contributed by atoms with van der Waals surface area (Å²) < 4.78 is 31.7. The van der Waals surface area contributed by atoms with E-state index < -0.39 is 27.1 Å². The number of nitrogens with zero attached hydrogens (tertiary/aromatic N) is 2. The number of esters is 1. The van der Waals surface area contributed by atoms with E-state index in [-0.39, 0.29) is 41.9 Å². The standard InChI is InChI=1S/C19H18N4O7S2/c1-30-19(27)12-9-15(31-10-12)32(28,29)23-6-4-22(5-7-23)18(26)11-2-3-13-14(8-11)21-17(25)16(24)20-13/h2-3,8-10H,4-7H2,1H3,(H,20,24)(H,21,25). The molecule has 3 aromatic rings. The Bertz CT molecular complexity index is 1430. The molecule has 1 amide bonds. The number of aromatic amines is 2. The molecule has 3 heterocycles. The number of H-pyrrole nitrogens is 2. The Morgan fingerprint density at radius 1 is 0.969 bits per heavy atom. The largest absolute Gasteiger partial charge is 0.465 e. The van der Waals surface area contributed by atoms with Crippen molar-refractivity contribution in [3.63, 3.8) is 0 Å². The van der Waals surface area contributed by atoms with Crippen molar-refractivity contribution in [2.24, 2.45) is 0 Å². The highest BCUT2D eigenvalue weighted by Gasteiger charge is 2.32. The first-order chi connectivity index (χ1) is 15.2. The fraction of sp³-hybridized carbons (Fsp3) is 0.263. The predicted octanol–water partition coefficient (Wildman–Crippen LogP) is 0.211.